The second kappa shape index (κ2) is 9.09. The molecule has 2 heterocycles. The number of hydrogen-bond acceptors (Lipinski definition) is 7. The Hall–Kier alpha value is -3.23. The van der Waals surface area contributed by atoms with Crippen LogP contribution in [0.25, 0.3) is 0 Å². The molecule has 1 aromatic carbocycles. The van der Waals surface area contributed by atoms with Gasteiger partial charge in [-0.05, 0) is 58.4 Å². The van der Waals surface area contributed by atoms with E-state index in [-0.39, 0.29) is 29.4 Å². The molecule has 3 amide bonds. The van der Waals surface area contributed by atoms with E-state index in [0.29, 0.717) is 31.7 Å². The van der Waals surface area contributed by atoms with Crippen molar-refractivity contribution in [3.63, 3.8) is 0 Å². The first kappa shape index (κ1) is 24.9. The number of anilines is 2. The molecule has 35 heavy (non-hydrogen) atoms. The summed E-state index contributed by atoms with van der Waals surface area (Å²) in [5.74, 6) is 0.190. The van der Waals surface area contributed by atoms with Gasteiger partial charge in [-0.1, -0.05) is 12.6 Å². The fourth-order valence-electron chi connectivity index (χ4n) is 5.20. The summed E-state index contributed by atoms with van der Waals surface area (Å²) >= 11 is 0. The number of piperidine rings is 1. The average molecular weight is 485 g/mol. The second-order valence-corrected chi connectivity index (χ2v) is 11.0. The van der Waals surface area contributed by atoms with Crippen LogP contribution in [0.4, 0.5) is 16.2 Å². The number of nitrogens with zero attached hydrogens (tertiary/aromatic N) is 3. The van der Waals surface area contributed by atoms with Gasteiger partial charge >= 0.3 is 6.09 Å². The largest absolute Gasteiger partial charge is 0.488 e. The third kappa shape index (κ3) is 5.09. The van der Waals surface area contributed by atoms with Crippen molar-refractivity contribution < 1.29 is 23.9 Å². The number of para-hydroxylation sites is 1. The quantitative estimate of drug-likeness (QED) is 0.620. The van der Waals surface area contributed by atoms with Gasteiger partial charge in [0, 0.05) is 39.0 Å². The molecule has 1 aliphatic carbocycles. The number of amides is 3. The average Bonchev–Trinajstić information content (AvgIpc) is 2.71. The Labute approximate surface area is 207 Å². The Morgan fingerprint density at radius 1 is 1.23 bits per heavy atom. The fourth-order valence-corrected chi connectivity index (χ4v) is 5.20. The van der Waals surface area contributed by atoms with Crippen LogP contribution in [0.1, 0.15) is 46.5 Å². The van der Waals surface area contributed by atoms with Gasteiger partial charge in [-0.3, -0.25) is 14.9 Å². The molecule has 1 atom stereocenters. The van der Waals surface area contributed by atoms with Crippen molar-refractivity contribution in [1.29, 1.82) is 0 Å². The summed E-state index contributed by atoms with van der Waals surface area (Å²) in [5, 5.41) is 2.43. The summed E-state index contributed by atoms with van der Waals surface area (Å²) in [6.07, 6.45) is 4.01. The molecule has 2 aliphatic heterocycles. The third-order valence-corrected chi connectivity index (χ3v) is 6.98. The first-order valence-corrected chi connectivity index (χ1v) is 12.1. The van der Waals surface area contributed by atoms with Gasteiger partial charge < -0.3 is 24.2 Å². The van der Waals surface area contributed by atoms with E-state index in [0.717, 1.165) is 24.2 Å². The zero-order valence-corrected chi connectivity index (χ0v) is 21.3. The van der Waals surface area contributed by atoms with Crippen molar-refractivity contribution in [3.05, 3.63) is 31.0 Å². The lowest BCUT2D eigenvalue weighted by atomic mass is 9.62. The van der Waals surface area contributed by atoms with Crippen LogP contribution in [0.5, 0.6) is 5.75 Å². The third-order valence-electron chi connectivity index (χ3n) is 6.98. The molecular formula is C26H36N4O5. The Morgan fingerprint density at radius 2 is 1.91 bits per heavy atom. The zero-order valence-electron chi connectivity index (χ0n) is 21.3. The first-order chi connectivity index (χ1) is 16.4. The molecule has 0 radical (unpaired) electrons. The predicted octanol–water partition coefficient (Wildman–Crippen LogP) is 3.29. The van der Waals surface area contributed by atoms with Gasteiger partial charge in [-0.2, -0.15) is 0 Å². The van der Waals surface area contributed by atoms with E-state index >= 15 is 0 Å². The lowest BCUT2D eigenvalue weighted by Crippen LogP contribution is -2.66. The Balaban J connectivity index is 1.43. The Kier molecular flexibility index (Phi) is 6.46. The Bertz CT molecular complexity index is 1020. The number of carbonyl (C=O) groups excluding carboxylic acids is 3. The molecular weight excluding hydrogens is 448 g/mol. The second-order valence-electron chi connectivity index (χ2n) is 11.0. The van der Waals surface area contributed by atoms with E-state index in [4.69, 9.17) is 9.47 Å². The van der Waals surface area contributed by atoms with Crippen molar-refractivity contribution in [2.45, 2.75) is 64.2 Å². The smallest absolute Gasteiger partial charge is 0.410 e. The molecule has 2 saturated heterocycles. The van der Waals surface area contributed by atoms with Crippen LogP contribution in [0, 0.1) is 5.41 Å². The standard InChI is InChI=1S/C26H36N4O5/c1-7-28(5)22-18(29(6)19-11-12-21(31)27-23(19)32)9-8-10-20(22)34-17-13-26(14-17)15-30(16-26)24(33)35-25(2,3)4/h7-10,17,19H,1,11-16H2,2-6H3,(H,27,31,32). The van der Waals surface area contributed by atoms with Crippen molar-refractivity contribution in [2.24, 2.45) is 5.41 Å². The van der Waals surface area contributed by atoms with Gasteiger partial charge in [-0.25, -0.2) is 4.79 Å². The van der Waals surface area contributed by atoms with Crippen LogP contribution in [0.3, 0.4) is 0 Å². The van der Waals surface area contributed by atoms with Crippen molar-refractivity contribution >= 4 is 29.3 Å². The number of nitrogens with one attached hydrogen (secondary N) is 1. The maximum atomic E-state index is 12.5. The molecule has 1 saturated carbocycles. The van der Waals surface area contributed by atoms with Gasteiger partial charge in [-0.15, -0.1) is 0 Å². The SMILES string of the molecule is C=CN(C)c1c(OC2CC3(C2)CN(C(=O)OC(C)(C)C)C3)cccc1N(C)C1CCC(=O)NC1=O. The molecule has 9 nitrogen and oxygen atoms in total. The highest BCUT2D eigenvalue weighted by Gasteiger charge is 2.55. The van der Waals surface area contributed by atoms with Crippen LogP contribution in [-0.2, 0) is 14.3 Å². The van der Waals surface area contributed by atoms with E-state index in [2.05, 4.69) is 11.9 Å². The van der Waals surface area contributed by atoms with E-state index in [1.54, 1.807) is 11.1 Å². The highest BCUT2D eigenvalue weighted by atomic mass is 16.6. The molecule has 3 fully saturated rings. The summed E-state index contributed by atoms with van der Waals surface area (Å²) in [7, 11) is 3.75. The molecule has 1 aromatic rings. The van der Waals surface area contributed by atoms with Crippen molar-refractivity contribution in [2.75, 3.05) is 37.0 Å². The van der Waals surface area contributed by atoms with Crippen LogP contribution in [0.15, 0.2) is 31.0 Å². The molecule has 9 heteroatoms. The summed E-state index contributed by atoms with van der Waals surface area (Å²) in [4.78, 5) is 41.9. The van der Waals surface area contributed by atoms with Gasteiger partial charge in [0.1, 0.15) is 29.2 Å². The number of ether oxygens (including phenoxy) is 2. The lowest BCUT2D eigenvalue weighted by molar-refractivity contribution is -0.134. The van der Waals surface area contributed by atoms with E-state index < -0.39 is 11.6 Å². The zero-order chi connectivity index (χ0) is 25.5. The summed E-state index contributed by atoms with van der Waals surface area (Å²) in [6.45, 7) is 10.9. The number of hydrogen-bond donors (Lipinski definition) is 1. The summed E-state index contributed by atoms with van der Waals surface area (Å²) in [5.41, 5.74) is 1.26. The molecule has 0 aromatic heterocycles. The van der Waals surface area contributed by atoms with E-state index in [1.807, 2.05) is 62.9 Å². The number of rotatable bonds is 6. The fraction of sp³-hybridized carbons (Fsp3) is 0.577. The number of likely N-dealkylation sites (N-methyl/N-ethyl adjacent to an activating group) is 1. The minimum atomic E-state index is -0.495. The molecule has 1 spiro atoms. The number of carbonyl (C=O) groups is 3. The van der Waals surface area contributed by atoms with Crippen LogP contribution in [0.2, 0.25) is 0 Å². The van der Waals surface area contributed by atoms with Crippen LogP contribution in [-0.4, -0.2) is 67.7 Å². The molecule has 4 rings (SSSR count). The highest BCUT2D eigenvalue weighted by Crippen LogP contribution is 2.51. The first-order valence-electron chi connectivity index (χ1n) is 12.1. The lowest BCUT2D eigenvalue weighted by Gasteiger charge is -2.58. The van der Waals surface area contributed by atoms with E-state index in [1.165, 1.54) is 0 Å². The molecule has 3 aliphatic rings. The van der Waals surface area contributed by atoms with Crippen LogP contribution < -0.4 is 19.9 Å². The van der Waals surface area contributed by atoms with Crippen molar-refractivity contribution in [3.8, 4) is 5.75 Å². The van der Waals surface area contributed by atoms with Gasteiger partial charge in [0.15, 0.2) is 0 Å². The van der Waals surface area contributed by atoms with Gasteiger partial charge in [0.2, 0.25) is 11.8 Å². The molecule has 1 N–H and O–H groups in total. The minimum Gasteiger partial charge on any atom is -0.488 e. The molecule has 1 unspecified atom stereocenters. The summed E-state index contributed by atoms with van der Waals surface area (Å²) < 4.78 is 11.9. The monoisotopic (exact) mass is 484 g/mol. The van der Waals surface area contributed by atoms with Gasteiger partial charge in [0.25, 0.3) is 0 Å². The molecule has 190 valence electrons. The van der Waals surface area contributed by atoms with Gasteiger partial charge in [0.05, 0.1) is 5.69 Å². The number of imide groups is 1. The Morgan fingerprint density at radius 3 is 2.51 bits per heavy atom. The summed E-state index contributed by atoms with van der Waals surface area (Å²) in [6, 6.07) is 5.34. The maximum absolute atomic E-state index is 12.5. The van der Waals surface area contributed by atoms with Crippen molar-refractivity contribution in [1.82, 2.24) is 10.2 Å². The molecule has 0 bridgehead atoms. The van der Waals surface area contributed by atoms with E-state index in [9.17, 15) is 14.4 Å². The minimum absolute atomic E-state index is 0.0453. The van der Waals surface area contributed by atoms with Crippen LogP contribution >= 0.6 is 0 Å². The number of benzene rings is 1. The topological polar surface area (TPSA) is 91.4 Å². The predicted molar refractivity (Wildman–Crippen MR) is 134 cm³/mol. The maximum Gasteiger partial charge on any atom is 0.410 e. The number of likely N-dealkylation sites (tertiary alicyclic amines) is 1. The normalized spacial score (nSPS) is 21.5. The highest BCUT2D eigenvalue weighted by molar-refractivity contribution is 6.02.